The van der Waals surface area contributed by atoms with Crippen LogP contribution in [0.1, 0.15) is 24.1 Å². The lowest BCUT2D eigenvalue weighted by Gasteiger charge is -2.20. The molecule has 0 amide bonds. The van der Waals surface area contributed by atoms with Gasteiger partial charge in [0, 0.05) is 12.1 Å². The zero-order valence-corrected chi connectivity index (χ0v) is 13.9. The third kappa shape index (κ3) is 3.48. The molecule has 0 aromatic heterocycles. The fraction of sp³-hybridized carbons (Fsp3) is 0.294. The lowest BCUT2D eigenvalue weighted by atomic mass is 10.1. The number of rotatable bonds is 4. The van der Waals surface area contributed by atoms with E-state index in [1.807, 2.05) is 38.1 Å². The van der Waals surface area contributed by atoms with E-state index in [0.29, 0.717) is 24.7 Å². The van der Waals surface area contributed by atoms with E-state index in [2.05, 4.69) is 4.72 Å². The van der Waals surface area contributed by atoms with Crippen molar-refractivity contribution in [1.82, 2.24) is 4.72 Å². The molecule has 0 fully saturated rings. The highest BCUT2D eigenvalue weighted by Crippen LogP contribution is 2.32. The molecule has 1 aliphatic rings. The van der Waals surface area contributed by atoms with Crippen LogP contribution in [-0.2, 0) is 10.0 Å². The van der Waals surface area contributed by atoms with Crippen LogP contribution in [0.3, 0.4) is 0 Å². The Balaban J connectivity index is 1.82. The minimum absolute atomic E-state index is 0.167. The molecule has 1 aliphatic heterocycles. The first kappa shape index (κ1) is 15.8. The Morgan fingerprint density at radius 1 is 1.00 bits per heavy atom. The third-order valence-electron chi connectivity index (χ3n) is 3.73. The van der Waals surface area contributed by atoms with Crippen molar-refractivity contribution in [3.63, 3.8) is 0 Å². The molecule has 0 bridgehead atoms. The minimum Gasteiger partial charge on any atom is -0.486 e. The van der Waals surface area contributed by atoms with E-state index in [1.54, 1.807) is 6.07 Å². The summed E-state index contributed by atoms with van der Waals surface area (Å²) in [5, 5.41) is 0. The highest BCUT2D eigenvalue weighted by Gasteiger charge is 2.21. The maximum atomic E-state index is 12.6. The Hall–Kier alpha value is -2.05. The number of nitrogens with one attached hydrogen (secondary N) is 1. The van der Waals surface area contributed by atoms with Crippen molar-refractivity contribution in [3.05, 3.63) is 53.6 Å². The Labute approximate surface area is 136 Å². The molecule has 1 N–H and O–H groups in total. The molecule has 0 radical (unpaired) electrons. The molecule has 0 saturated carbocycles. The highest BCUT2D eigenvalue weighted by atomic mass is 32.2. The van der Waals surface area contributed by atoms with E-state index in [9.17, 15) is 8.42 Å². The highest BCUT2D eigenvalue weighted by molar-refractivity contribution is 7.89. The van der Waals surface area contributed by atoms with Crippen LogP contribution in [-0.4, -0.2) is 21.6 Å². The molecule has 6 heteroatoms. The molecule has 1 heterocycles. The second-order valence-corrected chi connectivity index (χ2v) is 7.27. The number of benzene rings is 2. The first-order valence-corrected chi connectivity index (χ1v) is 8.92. The summed E-state index contributed by atoms with van der Waals surface area (Å²) >= 11 is 0. The van der Waals surface area contributed by atoms with E-state index >= 15 is 0 Å². The van der Waals surface area contributed by atoms with Crippen molar-refractivity contribution >= 4 is 10.0 Å². The van der Waals surface area contributed by atoms with Gasteiger partial charge in [-0.1, -0.05) is 29.8 Å². The van der Waals surface area contributed by atoms with Crippen molar-refractivity contribution < 1.29 is 17.9 Å². The molecule has 1 unspecified atom stereocenters. The Morgan fingerprint density at radius 2 is 1.65 bits per heavy atom. The zero-order valence-electron chi connectivity index (χ0n) is 13.1. The van der Waals surface area contributed by atoms with Gasteiger partial charge in [0.05, 0.1) is 4.90 Å². The third-order valence-corrected chi connectivity index (χ3v) is 5.27. The van der Waals surface area contributed by atoms with E-state index < -0.39 is 10.0 Å². The maximum absolute atomic E-state index is 12.6. The summed E-state index contributed by atoms with van der Waals surface area (Å²) < 4.78 is 38.7. The molecule has 0 saturated heterocycles. The smallest absolute Gasteiger partial charge is 0.241 e. The Morgan fingerprint density at radius 3 is 2.35 bits per heavy atom. The SMILES string of the molecule is Cc1ccc(C(C)NS(=O)(=O)c2ccc3c(c2)OCCO3)cc1. The van der Waals surface area contributed by atoms with Crippen molar-refractivity contribution in [2.24, 2.45) is 0 Å². The van der Waals surface area contributed by atoms with Crippen LogP contribution >= 0.6 is 0 Å². The van der Waals surface area contributed by atoms with E-state index in [1.165, 1.54) is 12.1 Å². The monoisotopic (exact) mass is 333 g/mol. The Kier molecular flexibility index (Phi) is 4.28. The lowest BCUT2D eigenvalue weighted by molar-refractivity contribution is 0.171. The van der Waals surface area contributed by atoms with E-state index in [-0.39, 0.29) is 10.9 Å². The molecule has 5 nitrogen and oxygen atoms in total. The van der Waals surface area contributed by atoms with Crippen molar-refractivity contribution in [1.29, 1.82) is 0 Å². The average Bonchev–Trinajstić information content (AvgIpc) is 2.54. The summed E-state index contributed by atoms with van der Waals surface area (Å²) in [6, 6.07) is 12.1. The average molecular weight is 333 g/mol. The number of sulfonamides is 1. The topological polar surface area (TPSA) is 64.6 Å². The minimum atomic E-state index is -3.64. The van der Waals surface area contributed by atoms with E-state index in [4.69, 9.17) is 9.47 Å². The Bertz CT molecular complexity index is 800. The maximum Gasteiger partial charge on any atom is 0.241 e. The molecule has 23 heavy (non-hydrogen) atoms. The van der Waals surface area contributed by atoms with Gasteiger partial charge in [-0.15, -0.1) is 0 Å². The fourth-order valence-electron chi connectivity index (χ4n) is 2.41. The second kappa shape index (κ2) is 6.22. The molecule has 1 atom stereocenters. The lowest BCUT2D eigenvalue weighted by Crippen LogP contribution is -2.27. The van der Waals surface area contributed by atoms with Gasteiger partial charge in [0.25, 0.3) is 0 Å². The molecule has 122 valence electrons. The largest absolute Gasteiger partial charge is 0.486 e. The normalized spacial score (nSPS) is 15.2. The molecular weight excluding hydrogens is 314 g/mol. The van der Waals surface area contributed by atoms with Crippen LogP contribution < -0.4 is 14.2 Å². The molecule has 2 aromatic carbocycles. The predicted octanol–water partition coefficient (Wildman–Crippen LogP) is 2.81. The van der Waals surface area contributed by atoms with Gasteiger partial charge >= 0.3 is 0 Å². The molecular formula is C17H19NO4S. The summed E-state index contributed by atoms with van der Waals surface area (Å²) in [4.78, 5) is 0.167. The molecule has 3 rings (SSSR count). The van der Waals surface area contributed by atoms with Crippen LogP contribution in [0.5, 0.6) is 11.5 Å². The van der Waals surface area contributed by atoms with Gasteiger partial charge < -0.3 is 9.47 Å². The van der Waals surface area contributed by atoms with Gasteiger partial charge in [-0.2, -0.15) is 0 Å². The summed E-state index contributed by atoms with van der Waals surface area (Å²) in [5.41, 5.74) is 2.05. The number of hydrogen-bond acceptors (Lipinski definition) is 4. The fourth-order valence-corrected chi connectivity index (χ4v) is 3.66. The molecule has 0 aliphatic carbocycles. The van der Waals surface area contributed by atoms with Gasteiger partial charge in [0.15, 0.2) is 11.5 Å². The van der Waals surface area contributed by atoms with Gasteiger partial charge in [0.2, 0.25) is 10.0 Å². The summed E-state index contributed by atoms with van der Waals surface area (Å²) in [6.45, 7) is 4.71. The second-order valence-electron chi connectivity index (χ2n) is 5.56. The standard InChI is InChI=1S/C17H19NO4S/c1-12-3-5-14(6-4-12)13(2)18-23(19,20)15-7-8-16-17(11-15)22-10-9-21-16/h3-8,11,13,18H,9-10H2,1-2H3. The first-order valence-electron chi connectivity index (χ1n) is 7.44. The zero-order chi connectivity index (χ0) is 16.4. The summed E-state index contributed by atoms with van der Waals surface area (Å²) in [6.07, 6.45) is 0. The number of aryl methyl sites for hydroxylation is 1. The summed E-state index contributed by atoms with van der Waals surface area (Å²) in [7, 11) is -3.64. The van der Waals surface area contributed by atoms with Gasteiger partial charge in [-0.05, 0) is 31.5 Å². The number of hydrogen-bond donors (Lipinski definition) is 1. The molecule has 0 spiro atoms. The number of fused-ring (bicyclic) bond motifs is 1. The van der Waals surface area contributed by atoms with Crippen molar-refractivity contribution in [2.45, 2.75) is 24.8 Å². The van der Waals surface area contributed by atoms with Crippen LogP contribution in [0.2, 0.25) is 0 Å². The van der Waals surface area contributed by atoms with Gasteiger partial charge in [0.1, 0.15) is 13.2 Å². The van der Waals surface area contributed by atoms with Crippen LogP contribution in [0.25, 0.3) is 0 Å². The predicted molar refractivity (Wildman–Crippen MR) is 87.3 cm³/mol. The van der Waals surface area contributed by atoms with Crippen LogP contribution in [0.4, 0.5) is 0 Å². The van der Waals surface area contributed by atoms with Crippen LogP contribution in [0.15, 0.2) is 47.4 Å². The quantitative estimate of drug-likeness (QED) is 0.934. The first-order chi connectivity index (χ1) is 11.0. The molecule has 2 aromatic rings. The van der Waals surface area contributed by atoms with E-state index in [0.717, 1.165) is 11.1 Å². The summed E-state index contributed by atoms with van der Waals surface area (Å²) in [5.74, 6) is 1.03. The van der Waals surface area contributed by atoms with Gasteiger partial charge in [-0.3, -0.25) is 0 Å². The van der Waals surface area contributed by atoms with Crippen molar-refractivity contribution in [3.8, 4) is 11.5 Å². The number of ether oxygens (including phenoxy) is 2. The van der Waals surface area contributed by atoms with Gasteiger partial charge in [-0.25, -0.2) is 13.1 Å². The van der Waals surface area contributed by atoms with Crippen LogP contribution in [0, 0.1) is 6.92 Å². The van der Waals surface area contributed by atoms with Crippen molar-refractivity contribution in [2.75, 3.05) is 13.2 Å².